The van der Waals surface area contributed by atoms with E-state index in [1.54, 1.807) is 0 Å². The van der Waals surface area contributed by atoms with Crippen LogP contribution >= 0.6 is 0 Å². The van der Waals surface area contributed by atoms with E-state index in [0.29, 0.717) is 12.6 Å². The third-order valence-electron chi connectivity index (χ3n) is 4.14. The van der Waals surface area contributed by atoms with Gasteiger partial charge in [-0.05, 0) is 31.9 Å². The smallest absolute Gasteiger partial charge is 0.0726 e. The molecule has 0 amide bonds. The summed E-state index contributed by atoms with van der Waals surface area (Å²) in [4.78, 5) is 7.17. The Balaban J connectivity index is 2.53. The van der Waals surface area contributed by atoms with Gasteiger partial charge in [-0.2, -0.15) is 0 Å². The number of unbranched alkanes of at least 4 members (excludes halogenated alkanes) is 1. The van der Waals surface area contributed by atoms with Crippen molar-refractivity contribution >= 4 is 16.6 Å². The van der Waals surface area contributed by atoms with Crippen LogP contribution in [0.1, 0.15) is 45.7 Å². The normalized spacial score (nSPS) is 12.6. The highest BCUT2D eigenvalue weighted by molar-refractivity contribution is 5.92. The van der Waals surface area contributed by atoms with E-state index < -0.39 is 0 Å². The van der Waals surface area contributed by atoms with Crippen LogP contribution in [0.4, 0.5) is 5.69 Å². The zero-order valence-corrected chi connectivity index (χ0v) is 13.5. The van der Waals surface area contributed by atoms with Gasteiger partial charge in [0.1, 0.15) is 0 Å². The first-order chi connectivity index (χ1) is 10.2. The predicted octanol–water partition coefficient (Wildman–Crippen LogP) is 4.10. The van der Waals surface area contributed by atoms with Gasteiger partial charge in [-0.15, -0.1) is 0 Å². The Kier molecular flexibility index (Phi) is 5.57. The van der Waals surface area contributed by atoms with Crippen LogP contribution in [0.3, 0.4) is 0 Å². The molecule has 1 heterocycles. The molecule has 0 saturated carbocycles. The van der Waals surface area contributed by atoms with Gasteiger partial charge in [0.05, 0.1) is 11.2 Å². The summed E-state index contributed by atoms with van der Waals surface area (Å²) in [6.45, 7) is 8.36. The van der Waals surface area contributed by atoms with Crippen LogP contribution in [-0.2, 0) is 6.54 Å². The molecule has 114 valence electrons. The number of nitrogens with zero attached hydrogens (tertiary/aromatic N) is 2. The van der Waals surface area contributed by atoms with Crippen LogP contribution < -0.4 is 10.6 Å². The first-order valence-electron chi connectivity index (χ1n) is 8.06. The van der Waals surface area contributed by atoms with Crippen LogP contribution in [0.25, 0.3) is 10.9 Å². The van der Waals surface area contributed by atoms with Crippen molar-refractivity contribution in [2.75, 3.05) is 11.4 Å². The fourth-order valence-corrected chi connectivity index (χ4v) is 2.68. The lowest BCUT2D eigenvalue weighted by atomic mass is 10.1. The Morgan fingerprint density at radius 1 is 1.24 bits per heavy atom. The summed E-state index contributed by atoms with van der Waals surface area (Å²) < 4.78 is 0. The van der Waals surface area contributed by atoms with Crippen molar-refractivity contribution in [2.24, 2.45) is 5.73 Å². The van der Waals surface area contributed by atoms with Gasteiger partial charge in [-0.25, -0.2) is 0 Å². The summed E-state index contributed by atoms with van der Waals surface area (Å²) in [5.74, 6) is 0. The Morgan fingerprint density at radius 2 is 2.00 bits per heavy atom. The number of benzene rings is 1. The minimum absolute atomic E-state index is 0.486. The number of para-hydroxylation sites is 1. The molecule has 0 aliphatic heterocycles. The van der Waals surface area contributed by atoms with E-state index in [2.05, 4.69) is 54.9 Å². The molecule has 1 aromatic heterocycles. The molecule has 0 saturated heterocycles. The Morgan fingerprint density at radius 3 is 2.67 bits per heavy atom. The highest BCUT2D eigenvalue weighted by Crippen LogP contribution is 2.29. The summed E-state index contributed by atoms with van der Waals surface area (Å²) >= 11 is 0. The van der Waals surface area contributed by atoms with Crippen molar-refractivity contribution in [3.63, 3.8) is 0 Å². The van der Waals surface area contributed by atoms with E-state index in [1.165, 1.54) is 23.9 Å². The number of nitrogens with two attached hydrogens (primary N) is 1. The summed E-state index contributed by atoms with van der Waals surface area (Å²) in [5.41, 5.74) is 9.13. The topological polar surface area (TPSA) is 42.1 Å². The average Bonchev–Trinajstić information content (AvgIpc) is 2.54. The van der Waals surface area contributed by atoms with Gasteiger partial charge in [0.2, 0.25) is 0 Å². The zero-order chi connectivity index (χ0) is 15.2. The van der Waals surface area contributed by atoms with Crippen molar-refractivity contribution in [2.45, 2.75) is 52.6 Å². The molecule has 1 unspecified atom stereocenters. The molecule has 0 fully saturated rings. The van der Waals surface area contributed by atoms with Gasteiger partial charge in [-0.3, -0.25) is 4.98 Å². The summed E-state index contributed by atoms with van der Waals surface area (Å²) in [5, 5.41) is 1.23. The number of hydrogen-bond acceptors (Lipinski definition) is 3. The average molecular weight is 285 g/mol. The maximum Gasteiger partial charge on any atom is 0.0726 e. The van der Waals surface area contributed by atoms with Crippen LogP contribution in [0, 0.1) is 0 Å². The van der Waals surface area contributed by atoms with Gasteiger partial charge in [0.15, 0.2) is 0 Å². The molecule has 21 heavy (non-hydrogen) atoms. The first-order valence-corrected chi connectivity index (χ1v) is 8.06. The summed E-state index contributed by atoms with van der Waals surface area (Å²) in [7, 11) is 0. The van der Waals surface area contributed by atoms with Crippen molar-refractivity contribution < 1.29 is 0 Å². The highest BCUT2D eigenvalue weighted by Gasteiger charge is 2.16. The van der Waals surface area contributed by atoms with E-state index in [4.69, 9.17) is 5.73 Å². The highest BCUT2D eigenvalue weighted by atomic mass is 15.2. The van der Waals surface area contributed by atoms with E-state index in [9.17, 15) is 0 Å². The largest absolute Gasteiger partial charge is 0.368 e. The number of pyridine rings is 1. The summed E-state index contributed by atoms with van der Waals surface area (Å²) in [6.07, 6.45) is 3.55. The molecule has 2 N–H and O–H groups in total. The van der Waals surface area contributed by atoms with E-state index in [0.717, 1.165) is 24.2 Å². The van der Waals surface area contributed by atoms with Crippen LogP contribution in [-0.4, -0.2) is 17.6 Å². The van der Waals surface area contributed by atoms with Crippen molar-refractivity contribution in [1.82, 2.24) is 4.98 Å². The fourth-order valence-electron chi connectivity index (χ4n) is 2.68. The van der Waals surface area contributed by atoms with Gasteiger partial charge in [-0.1, -0.05) is 38.5 Å². The number of hydrogen-bond donors (Lipinski definition) is 1. The minimum Gasteiger partial charge on any atom is -0.368 e. The Labute approximate surface area is 128 Å². The molecule has 0 aliphatic carbocycles. The second kappa shape index (κ2) is 7.41. The van der Waals surface area contributed by atoms with E-state index in [-0.39, 0.29) is 0 Å². The Bertz CT molecular complexity index is 580. The van der Waals surface area contributed by atoms with Gasteiger partial charge in [0.25, 0.3) is 0 Å². The van der Waals surface area contributed by atoms with Gasteiger partial charge >= 0.3 is 0 Å². The monoisotopic (exact) mass is 285 g/mol. The molecule has 0 radical (unpaired) electrons. The van der Waals surface area contributed by atoms with Gasteiger partial charge < -0.3 is 10.6 Å². The second-order valence-electron chi connectivity index (χ2n) is 5.66. The Hall–Kier alpha value is -1.61. The fraction of sp³-hybridized carbons (Fsp3) is 0.500. The molecular formula is C18H27N3. The van der Waals surface area contributed by atoms with Crippen LogP contribution in [0.15, 0.2) is 30.3 Å². The third-order valence-corrected chi connectivity index (χ3v) is 4.14. The second-order valence-corrected chi connectivity index (χ2v) is 5.66. The molecule has 1 aromatic carbocycles. The quantitative estimate of drug-likeness (QED) is 0.833. The first kappa shape index (κ1) is 15.8. The molecule has 1 atom stereocenters. The number of aromatic nitrogens is 1. The molecule has 3 nitrogen and oxygen atoms in total. The van der Waals surface area contributed by atoms with Crippen LogP contribution in [0.2, 0.25) is 0 Å². The molecule has 3 heteroatoms. The van der Waals surface area contributed by atoms with E-state index in [1.807, 2.05) is 6.07 Å². The third kappa shape index (κ3) is 3.53. The van der Waals surface area contributed by atoms with Gasteiger partial charge in [0, 0.05) is 30.2 Å². The minimum atomic E-state index is 0.486. The van der Waals surface area contributed by atoms with Crippen molar-refractivity contribution in [1.29, 1.82) is 0 Å². The predicted molar refractivity (Wildman–Crippen MR) is 91.6 cm³/mol. The molecule has 2 rings (SSSR count). The zero-order valence-electron chi connectivity index (χ0n) is 13.5. The molecule has 0 aliphatic rings. The standard InChI is InChI=1S/C18H27N3/c1-4-6-11-21(14(3)5-2)18-12-15(13-19)20-17-10-8-7-9-16(17)18/h7-10,12,14H,4-6,11,13,19H2,1-3H3. The van der Waals surface area contributed by atoms with Crippen molar-refractivity contribution in [3.8, 4) is 0 Å². The maximum absolute atomic E-state index is 5.84. The number of fused-ring (bicyclic) bond motifs is 1. The lowest BCUT2D eigenvalue weighted by Crippen LogP contribution is -2.33. The number of anilines is 1. The maximum atomic E-state index is 5.84. The summed E-state index contributed by atoms with van der Waals surface area (Å²) in [6, 6.07) is 11.1. The lowest BCUT2D eigenvalue weighted by Gasteiger charge is -2.32. The molecule has 0 spiro atoms. The molecular weight excluding hydrogens is 258 g/mol. The SMILES string of the molecule is CCCCN(c1cc(CN)nc2ccccc12)C(C)CC. The van der Waals surface area contributed by atoms with E-state index >= 15 is 0 Å². The lowest BCUT2D eigenvalue weighted by molar-refractivity contribution is 0.597. The molecule has 0 bridgehead atoms. The number of rotatable bonds is 7. The van der Waals surface area contributed by atoms with Crippen LogP contribution in [0.5, 0.6) is 0 Å². The molecule has 2 aromatic rings. The van der Waals surface area contributed by atoms with Crippen molar-refractivity contribution in [3.05, 3.63) is 36.0 Å².